The van der Waals surface area contributed by atoms with E-state index < -0.39 is 0 Å². The van der Waals surface area contributed by atoms with E-state index in [-0.39, 0.29) is 47.4 Å². The Morgan fingerprint density at radius 2 is 1.69 bits per heavy atom. The fraction of sp³-hybridized carbons (Fsp3) is 0.250. The van der Waals surface area contributed by atoms with Gasteiger partial charge in [0.15, 0.2) is 0 Å². The zero-order chi connectivity index (χ0) is 21.8. The van der Waals surface area contributed by atoms with Crippen molar-refractivity contribution in [3.05, 3.63) is 65.7 Å². The first-order valence-electron chi connectivity index (χ1n) is 9.94. The zero-order valence-corrected chi connectivity index (χ0v) is 21.2. The molecule has 1 unspecified atom stereocenters. The molecule has 0 radical (unpaired) electrons. The van der Waals surface area contributed by atoms with Crippen molar-refractivity contribution in [1.29, 1.82) is 0 Å². The van der Waals surface area contributed by atoms with E-state index >= 15 is 0 Å². The Morgan fingerprint density at radius 3 is 2.34 bits per heavy atom. The van der Waals surface area contributed by atoms with Gasteiger partial charge in [-0.25, -0.2) is 0 Å². The molecule has 8 heteroatoms. The molecule has 32 heavy (non-hydrogen) atoms. The second kappa shape index (κ2) is 11.1. The molecule has 0 aliphatic carbocycles. The molecular formula is C24H24NNaO5S. The number of carbonyl (C=O) groups excluding carboxylic acids is 2. The third kappa shape index (κ3) is 5.59. The van der Waals surface area contributed by atoms with Crippen molar-refractivity contribution >= 4 is 33.7 Å². The summed E-state index contributed by atoms with van der Waals surface area (Å²) in [4.78, 5) is 23.0. The molecule has 1 fully saturated rings. The Labute approximate surface area is 214 Å². The third-order valence-corrected chi connectivity index (χ3v) is 6.23. The number of methoxy groups -OCH3 is 2. The van der Waals surface area contributed by atoms with Crippen LogP contribution in [0, 0.1) is 0 Å². The number of fused-ring (bicyclic) bond motifs is 1. The summed E-state index contributed by atoms with van der Waals surface area (Å²) >= 11 is 1.04. The Bertz CT molecular complexity index is 1120. The van der Waals surface area contributed by atoms with Gasteiger partial charge in [-0.3, -0.25) is 14.9 Å². The van der Waals surface area contributed by atoms with Gasteiger partial charge in [0.2, 0.25) is 5.91 Å². The van der Waals surface area contributed by atoms with E-state index in [1.54, 1.807) is 14.2 Å². The van der Waals surface area contributed by atoms with Crippen LogP contribution in [0.2, 0.25) is 0 Å². The Morgan fingerprint density at radius 1 is 0.969 bits per heavy atom. The number of thioether (sulfide) groups is 1. The van der Waals surface area contributed by atoms with E-state index in [2.05, 4.69) is 5.32 Å². The minimum absolute atomic E-state index is 0. The van der Waals surface area contributed by atoms with Gasteiger partial charge < -0.3 is 15.6 Å². The molecule has 1 aliphatic rings. The van der Waals surface area contributed by atoms with Crippen molar-refractivity contribution in [3.63, 3.8) is 0 Å². The van der Waals surface area contributed by atoms with Gasteiger partial charge in [0.05, 0.1) is 26.1 Å². The van der Waals surface area contributed by atoms with E-state index in [1.165, 1.54) is 0 Å². The molecule has 1 saturated heterocycles. The summed E-state index contributed by atoms with van der Waals surface area (Å²) in [5.74, 6) is 2.15. The molecule has 0 aromatic heterocycles. The molecule has 0 spiro atoms. The van der Waals surface area contributed by atoms with Gasteiger partial charge >= 0.3 is 29.6 Å². The van der Waals surface area contributed by atoms with Crippen molar-refractivity contribution in [2.45, 2.75) is 18.1 Å². The fourth-order valence-electron chi connectivity index (χ4n) is 3.65. The van der Waals surface area contributed by atoms with Crippen molar-refractivity contribution in [2.75, 3.05) is 20.8 Å². The van der Waals surface area contributed by atoms with Crippen LogP contribution in [0.1, 0.15) is 12.6 Å². The van der Waals surface area contributed by atoms with Crippen molar-refractivity contribution < 1.29 is 54.8 Å². The fourth-order valence-corrected chi connectivity index (χ4v) is 4.51. The Balaban J connectivity index is 0.00000193. The molecule has 4 rings (SSSR count). The molecule has 1 heterocycles. The van der Waals surface area contributed by atoms with Crippen molar-refractivity contribution in [2.24, 2.45) is 0 Å². The standard InChI is InChI=1S/C24H23NO5S.Na.H/c1-28-18-9-5-16-6-10-21(29-2)19(20(16)14-18)11-12-30-17-7-3-15(4-8-17)13-22-23(26)25-24(27)31-22;;/h3-10,14,22H,11-13H2,1-2H3,(H,25,26,27);;/q;+1;-1. The van der Waals surface area contributed by atoms with E-state index in [0.29, 0.717) is 19.4 Å². The van der Waals surface area contributed by atoms with Crippen LogP contribution >= 0.6 is 11.8 Å². The van der Waals surface area contributed by atoms with Gasteiger partial charge in [0.25, 0.3) is 5.24 Å². The van der Waals surface area contributed by atoms with E-state index in [4.69, 9.17) is 14.2 Å². The van der Waals surface area contributed by atoms with Crippen LogP contribution in [0.4, 0.5) is 4.79 Å². The number of carbonyl (C=O) groups is 2. The van der Waals surface area contributed by atoms with Crippen molar-refractivity contribution in [3.8, 4) is 17.2 Å². The average molecular weight is 462 g/mol. The van der Waals surface area contributed by atoms with Gasteiger partial charge in [-0.15, -0.1) is 0 Å². The number of hydrogen-bond acceptors (Lipinski definition) is 6. The van der Waals surface area contributed by atoms with Crippen molar-refractivity contribution in [1.82, 2.24) is 5.32 Å². The first-order valence-corrected chi connectivity index (χ1v) is 10.8. The summed E-state index contributed by atoms with van der Waals surface area (Å²) in [7, 11) is 3.32. The summed E-state index contributed by atoms with van der Waals surface area (Å²) in [5, 5.41) is 3.87. The number of amides is 2. The quantitative estimate of drug-likeness (QED) is 0.513. The molecular weight excluding hydrogens is 437 g/mol. The van der Waals surface area contributed by atoms with Crippen LogP contribution in [0.25, 0.3) is 10.8 Å². The summed E-state index contributed by atoms with van der Waals surface area (Å²) in [5.41, 5.74) is 2.06. The minimum Gasteiger partial charge on any atom is -1.00 e. The predicted molar refractivity (Wildman–Crippen MR) is 122 cm³/mol. The molecule has 1 aliphatic heterocycles. The number of nitrogens with one attached hydrogen (secondary N) is 1. The first kappa shape index (κ1) is 24.5. The largest absolute Gasteiger partial charge is 1.00 e. The topological polar surface area (TPSA) is 73.9 Å². The minimum atomic E-state index is -0.366. The average Bonchev–Trinajstić information content (AvgIpc) is 3.11. The second-order valence-electron chi connectivity index (χ2n) is 7.16. The Kier molecular flexibility index (Phi) is 8.48. The van der Waals surface area contributed by atoms with Gasteiger partial charge in [-0.05, 0) is 53.1 Å². The maximum atomic E-state index is 11.7. The van der Waals surface area contributed by atoms with Crippen LogP contribution in [-0.2, 0) is 17.6 Å². The summed E-state index contributed by atoms with van der Waals surface area (Å²) in [6.07, 6.45) is 1.19. The first-order chi connectivity index (χ1) is 15.1. The molecule has 0 saturated carbocycles. The molecule has 1 atom stereocenters. The molecule has 1 N–H and O–H groups in total. The summed E-state index contributed by atoms with van der Waals surface area (Å²) < 4.78 is 16.9. The Hall–Kier alpha value is -2.19. The molecule has 6 nitrogen and oxygen atoms in total. The molecule has 162 valence electrons. The second-order valence-corrected chi connectivity index (χ2v) is 8.34. The van der Waals surface area contributed by atoms with Crippen LogP contribution in [0.5, 0.6) is 17.2 Å². The van der Waals surface area contributed by atoms with E-state index in [0.717, 1.165) is 50.9 Å². The van der Waals surface area contributed by atoms with Gasteiger partial charge in [-0.2, -0.15) is 0 Å². The van der Waals surface area contributed by atoms with Crippen LogP contribution in [-0.4, -0.2) is 37.2 Å². The summed E-state index contributed by atoms with van der Waals surface area (Å²) in [6.45, 7) is 0.488. The molecule has 3 aromatic carbocycles. The predicted octanol–water partition coefficient (Wildman–Crippen LogP) is 1.49. The maximum Gasteiger partial charge on any atom is 1.00 e. The SMILES string of the molecule is COc1ccc2ccc(OC)c(CCOc3ccc(CC4SC(=O)NC4=O)cc3)c2c1.[H-].[Na+]. The molecule has 0 bridgehead atoms. The van der Waals surface area contributed by atoms with Crippen LogP contribution < -0.4 is 49.1 Å². The normalized spacial score (nSPS) is 15.2. The number of hydrogen-bond donors (Lipinski definition) is 1. The van der Waals surface area contributed by atoms with E-state index in [9.17, 15) is 9.59 Å². The smallest absolute Gasteiger partial charge is 1.00 e. The number of benzene rings is 3. The van der Waals surface area contributed by atoms with Gasteiger partial charge in [0, 0.05) is 12.0 Å². The van der Waals surface area contributed by atoms with Crippen LogP contribution in [0.3, 0.4) is 0 Å². The van der Waals surface area contributed by atoms with E-state index in [1.807, 2.05) is 54.6 Å². The molecule has 3 aromatic rings. The number of ether oxygens (including phenoxy) is 3. The molecule has 2 amide bonds. The monoisotopic (exact) mass is 461 g/mol. The van der Waals surface area contributed by atoms with Crippen LogP contribution in [0.15, 0.2) is 54.6 Å². The number of rotatable bonds is 8. The number of imide groups is 1. The third-order valence-electron chi connectivity index (χ3n) is 5.25. The van der Waals surface area contributed by atoms with Gasteiger partial charge in [0.1, 0.15) is 17.2 Å². The van der Waals surface area contributed by atoms with Gasteiger partial charge in [-0.1, -0.05) is 36.0 Å². The zero-order valence-electron chi connectivity index (χ0n) is 19.3. The maximum absolute atomic E-state index is 11.7. The summed E-state index contributed by atoms with van der Waals surface area (Å²) in [6, 6.07) is 17.6.